The van der Waals surface area contributed by atoms with Crippen molar-refractivity contribution in [2.24, 2.45) is 5.92 Å². The molecular formula is C21H27N3O4S. The molecule has 0 radical (unpaired) electrons. The lowest BCUT2D eigenvalue weighted by atomic mass is 10.1. The van der Waals surface area contributed by atoms with E-state index >= 15 is 0 Å². The number of anilines is 1. The molecule has 7 nitrogen and oxygen atoms in total. The third kappa shape index (κ3) is 6.32. The first-order valence-electron chi connectivity index (χ1n) is 9.36. The molecule has 0 spiro atoms. The number of aryl methyl sites for hydroxylation is 2. The maximum Gasteiger partial charge on any atom is 0.261 e. The van der Waals surface area contributed by atoms with Crippen molar-refractivity contribution in [2.75, 3.05) is 17.8 Å². The number of amides is 2. The van der Waals surface area contributed by atoms with Gasteiger partial charge in [0.1, 0.15) is 0 Å². The van der Waals surface area contributed by atoms with Crippen LogP contribution in [0.1, 0.15) is 35.3 Å². The minimum atomic E-state index is -3.84. The molecule has 0 unspecified atom stereocenters. The number of nitrogens with one attached hydrogen (secondary N) is 3. The van der Waals surface area contributed by atoms with E-state index in [1.807, 2.05) is 13.0 Å². The summed E-state index contributed by atoms with van der Waals surface area (Å²) in [4.78, 5) is 24.0. The lowest BCUT2D eigenvalue weighted by Crippen LogP contribution is -2.36. The zero-order chi connectivity index (χ0) is 21.6. The van der Waals surface area contributed by atoms with Gasteiger partial charge in [0.15, 0.2) is 0 Å². The van der Waals surface area contributed by atoms with Gasteiger partial charge in [-0.25, -0.2) is 8.42 Å². The van der Waals surface area contributed by atoms with E-state index < -0.39 is 15.9 Å². The predicted octanol–water partition coefficient (Wildman–Crippen LogP) is 2.61. The maximum absolute atomic E-state index is 12.7. The van der Waals surface area contributed by atoms with Gasteiger partial charge in [0.2, 0.25) is 5.91 Å². The fourth-order valence-corrected chi connectivity index (χ4v) is 3.67. The highest BCUT2D eigenvalue weighted by molar-refractivity contribution is 7.92. The highest BCUT2D eigenvalue weighted by Crippen LogP contribution is 2.20. The molecule has 2 aromatic carbocycles. The molecule has 2 aromatic rings. The number of sulfonamides is 1. The summed E-state index contributed by atoms with van der Waals surface area (Å²) in [6.07, 6.45) is 0. The Morgan fingerprint density at radius 1 is 0.966 bits per heavy atom. The van der Waals surface area contributed by atoms with Gasteiger partial charge < -0.3 is 10.6 Å². The Balaban J connectivity index is 2.10. The van der Waals surface area contributed by atoms with Crippen LogP contribution in [0.15, 0.2) is 47.4 Å². The van der Waals surface area contributed by atoms with Crippen LogP contribution in [0.3, 0.4) is 0 Å². The Hall–Kier alpha value is -2.87. The van der Waals surface area contributed by atoms with Crippen molar-refractivity contribution in [3.63, 3.8) is 0 Å². The molecule has 0 atom stereocenters. The highest BCUT2D eigenvalue weighted by atomic mass is 32.2. The lowest BCUT2D eigenvalue weighted by Gasteiger charge is -2.13. The molecule has 2 rings (SSSR count). The van der Waals surface area contributed by atoms with E-state index in [0.29, 0.717) is 17.8 Å². The number of rotatable bonds is 8. The van der Waals surface area contributed by atoms with E-state index in [0.717, 1.165) is 5.56 Å². The van der Waals surface area contributed by atoms with Gasteiger partial charge in [-0.3, -0.25) is 14.3 Å². The summed E-state index contributed by atoms with van der Waals surface area (Å²) in [5.74, 6) is -0.615. The van der Waals surface area contributed by atoms with Crippen molar-refractivity contribution in [2.45, 2.75) is 32.6 Å². The number of hydrogen-bond donors (Lipinski definition) is 3. The van der Waals surface area contributed by atoms with Gasteiger partial charge in [-0.1, -0.05) is 32.0 Å². The molecule has 8 heteroatoms. The second-order valence-electron chi connectivity index (χ2n) is 7.15. The van der Waals surface area contributed by atoms with Crippen LogP contribution < -0.4 is 15.4 Å². The second kappa shape index (κ2) is 9.56. The number of carbonyl (C=O) groups is 2. The van der Waals surface area contributed by atoms with Crippen molar-refractivity contribution < 1.29 is 18.0 Å². The van der Waals surface area contributed by atoms with E-state index in [1.165, 1.54) is 12.1 Å². The quantitative estimate of drug-likeness (QED) is 0.574. The predicted molar refractivity (Wildman–Crippen MR) is 113 cm³/mol. The Kier molecular flexibility index (Phi) is 7.39. The van der Waals surface area contributed by atoms with Gasteiger partial charge in [-0.05, 0) is 49.2 Å². The molecule has 0 saturated carbocycles. The van der Waals surface area contributed by atoms with E-state index in [4.69, 9.17) is 0 Å². The van der Waals surface area contributed by atoms with Crippen LogP contribution in [-0.4, -0.2) is 33.3 Å². The molecule has 0 bridgehead atoms. The molecule has 3 N–H and O–H groups in total. The lowest BCUT2D eigenvalue weighted by molar-refractivity contribution is -0.123. The van der Waals surface area contributed by atoms with Crippen molar-refractivity contribution in [1.29, 1.82) is 0 Å². The van der Waals surface area contributed by atoms with Gasteiger partial charge in [0.05, 0.1) is 4.90 Å². The monoisotopic (exact) mass is 417 g/mol. The van der Waals surface area contributed by atoms with E-state index in [-0.39, 0.29) is 28.8 Å². The van der Waals surface area contributed by atoms with E-state index in [2.05, 4.69) is 15.4 Å². The molecule has 29 heavy (non-hydrogen) atoms. The third-order valence-corrected chi connectivity index (χ3v) is 5.65. The number of carbonyl (C=O) groups excluding carboxylic acids is 2. The summed E-state index contributed by atoms with van der Waals surface area (Å²) in [5, 5.41) is 5.41. The fourth-order valence-electron chi connectivity index (χ4n) is 2.60. The van der Waals surface area contributed by atoms with Gasteiger partial charge >= 0.3 is 0 Å². The van der Waals surface area contributed by atoms with Crippen molar-refractivity contribution in [1.82, 2.24) is 10.6 Å². The summed E-state index contributed by atoms with van der Waals surface area (Å²) in [7, 11) is -3.84. The van der Waals surface area contributed by atoms with Crippen LogP contribution >= 0.6 is 0 Å². The van der Waals surface area contributed by atoms with Crippen LogP contribution in [0.25, 0.3) is 0 Å². The van der Waals surface area contributed by atoms with E-state index in [1.54, 1.807) is 45.0 Å². The molecule has 0 saturated heterocycles. The molecule has 0 aliphatic heterocycles. The number of benzene rings is 2. The molecular weight excluding hydrogens is 390 g/mol. The van der Waals surface area contributed by atoms with Crippen LogP contribution in [-0.2, 0) is 14.8 Å². The minimum Gasteiger partial charge on any atom is -0.354 e. The fraction of sp³-hybridized carbons (Fsp3) is 0.333. The minimum absolute atomic E-state index is 0.00265. The Bertz CT molecular complexity index is 1000. The molecule has 0 aliphatic carbocycles. The molecule has 0 aliphatic rings. The highest BCUT2D eigenvalue weighted by Gasteiger charge is 2.18. The summed E-state index contributed by atoms with van der Waals surface area (Å²) in [5.41, 5.74) is 2.31. The van der Waals surface area contributed by atoms with Gasteiger partial charge in [0, 0.05) is 30.3 Å². The molecule has 2 amide bonds. The zero-order valence-electron chi connectivity index (χ0n) is 17.1. The van der Waals surface area contributed by atoms with Crippen LogP contribution in [0.2, 0.25) is 0 Å². The summed E-state index contributed by atoms with van der Waals surface area (Å²) in [6, 6.07) is 11.4. The Morgan fingerprint density at radius 3 is 2.31 bits per heavy atom. The van der Waals surface area contributed by atoms with Crippen molar-refractivity contribution in [3.8, 4) is 0 Å². The van der Waals surface area contributed by atoms with Crippen LogP contribution in [0, 0.1) is 19.8 Å². The first-order chi connectivity index (χ1) is 13.6. The molecule has 0 aromatic heterocycles. The summed E-state index contributed by atoms with van der Waals surface area (Å²) in [6.45, 7) is 7.72. The smallest absolute Gasteiger partial charge is 0.261 e. The van der Waals surface area contributed by atoms with Crippen molar-refractivity contribution in [3.05, 3.63) is 59.2 Å². The largest absolute Gasteiger partial charge is 0.354 e. The standard InChI is InChI=1S/C21H27N3O4S/c1-14(2)20(25)22-10-11-23-21(26)19-13-18(9-8-16(19)4)29(27,28)24-17-7-5-6-15(3)12-17/h5-9,12-14,24H,10-11H2,1-4H3,(H,22,25)(H,23,26). The topological polar surface area (TPSA) is 104 Å². The van der Waals surface area contributed by atoms with Gasteiger partial charge in [-0.2, -0.15) is 0 Å². The third-order valence-electron chi connectivity index (χ3n) is 4.27. The maximum atomic E-state index is 12.7. The Labute approximate surface area is 172 Å². The Morgan fingerprint density at radius 2 is 1.66 bits per heavy atom. The summed E-state index contributed by atoms with van der Waals surface area (Å²) >= 11 is 0. The molecule has 156 valence electrons. The average molecular weight is 418 g/mol. The first-order valence-corrected chi connectivity index (χ1v) is 10.8. The van der Waals surface area contributed by atoms with Crippen LogP contribution in [0.5, 0.6) is 0 Å². The summed E-state index contributed by atoms with van der Waals surface area (Å²) < 4.78 is 27.9. The number of hydrogen-bond acceptors (Lipinski definition) is 4. The zero-order valence-corrected chi connectivity index (χ0v) is 17.9. The molecule has 0 heterocycles. The second-order valence-corrected chi connectivity index (χ2v) is 8.84. The van der Waals surface area contributed by atoms with Crippen molar-refractivity contribution >= 4 is 27.5 Å². The van der Waals surface area contributed by atoms with E-state index in [9.17, 15) is 18.0 Å². The molecule has 0 fully saturated rings. The van der Waals surface area contributed by atoms with Gasteiger partial charge in [-0.15, -0.1) is 0 Å². The average Bonchev–Trinajstić information content (AvgIpc) is 2.64. The van der Waals surface area contributed by atoms with Gasteiger partial charge in [0.25, 0.3) is 15.9 Å². The first kappa shape index (κ1) is 22.4. The van der Waals surface area contributed by atoms with Crippen LogP contribution in [0.4, 0.5) is 5.69 Å². The normalized spacial score (nSPS) is 11.2. The SMILES string of the molecule is Cc1cccc(NS(=O)(=O)c2ccc(C)c(C(=O)NCCNC(=O)C(C)C)c2)c1.